The number of benzene rings is 1. The standard InChI is InChI=1S/C17H18I3N3O10/c1-4(26)13(27)23-12-10(19)7(14(28)21-5(2-24)16(30)31)9(18)8(11(12)20)15(29)22-6(3-25)17(32)33/h4-6,24-26H,2-3H2,1H3,(H,21,28)(H,22,29)(H,23,27)(H,30,31)(H,32,33). The largest absolute Gasteiger partial charge is 0.480 e. The third-order valence-electron chi connectivity index (χ3n) is 3.97. The molecule has 13 nitrogen and oxygen atoms in total. The molecule has 0 spiro atoms. The fourth-order valence-corrected chi connectivity index (χ4v) is 6.65. The minimum Gasteiger partial charge on any atom is -0.480 e. The number of hydrogen-bond acceptors (Lipinski definition) is 8. The number of anilines is 1. The summed E-state index contributed by atoms with van der Waals surface area (Å²) in [6, 6.07) is -3.33. The lowest BCUT2D eigenvalue weighted by molar-refractivity contribution is -0.141. The van der Waals surface area contributed by atoms with Gasteiger partial charge in [-0.25, -0.2) is 9.59 Å². The zero-order chi connectivity index (χ0) is 25.6. The van der Waals surface area contributed by atoms with Crippen LogP contribution in [-0.2, 0) is 14.4 Å². The number of nitrogens with one attached hydrogen (secondary N) is 3. The molecular formula is C17H18I3N3O10. The van der Waals surface area contributed by atoms with Crippen LogP contribution in [-0.4, -0.2) is 86.6 Å². The molecule has 3 atom stereocenters. The molecule has 1 aromatic rings. The Morgan fingerprint density at radius 2 is 1.15 bits per heavy atom. The van der Waals surface area contributed by atoms with E-state index in [4.69, 9.17) is 10.2 Å². The van der Waals surface area contributed by atoms with E-state index in [1.54, 1.807) is 67.8 Å². The topological polar surface area (TPSA) is 223 Å². The summed E-state index contributed by atoms with van der Waals surface area (Å²) in [5, 5.41) is 52.7. The third kappa shape index (κ3) is 7.31. The van der Waals surface area contributed by atoms with Crippen LogP contribution in [0.25, 0.3) is 0 Å². The Bertz CT molecular complexity index is 923. The number of aliphatic carboxylic acids is 2. The normalized spacial score (nSPS) is 13.4. The van der Waals surface area contributed by atoms with Gasteiger partial charge in [-0.2, -0.15) is 0 Å². The number of carboxylic acid groups (broad SMARTS) is 2. The molecule has 0 aromatic heterocycles. The van der Waals surface area contributed by atoms with Gasteiger partial charge in [0.2, 0.25) is 0 Å². The van der Waals surface area contributed by atoms with Crippen LogP contribution in [0.3, 0.4) is 0 Å². The van der Waals surface area contributed by atoms with Gasteiger partial charge in [-0.15, -0.1) is 0 Å². The minimum absolute atomic E-state index is 0.0180. The summed E-state index contributed by atoms with van der Waals surface area (Å²) in [6.07, 6.45) is -1.46. The van der Waals surface area contributed by atoms with Crippen LogP contribution < -0.4 is 16.0 Å². The first-order chi connectivity index (χ1) is 15.3. The maximum absolute atomic E-state index is 12.9. The number of halogens is 3. The lowest BCUT2D eigenvalue weighted by atomic mass is 10.1. The van der Waals surface area contributed by atoms with Crippen molar-refractivity contribution in [1.29, 1.82) is 0 Å². The van der Waals surface area contributed by atoms with Crippen LogP contribution in [0.15, 0.2) is 0 Å². The molecule has 3 amide bonds. The van der Waals surface area contributed by atoms with Gasteiger partial charge in [0.1, 0.15) is 6.10 Å². The van der Waals surface area contributed by atoms with E-state index in [-0.39, 0.29) is 27.5 Å². The van der Waals surface area contributed by atoms with Crippen LogP contribution in [0.2, 0.25) is 0 Å². The second-order valence-corrected chi connectivity index (χ2v) is 9.56. The lowest BCUT2D eigenvalue weighted by Crippen LogP contribution is -2.45. The van der Waals surface area contributed by atoms with Crippen molar-refractivity contribution < 1.29 is 49.5 Å². The van der Waals surface area contributed by atoms with E-state index in [1.165, 1.54) is 6.92 Å². The van der Waals surface area contributed by atoms with Gasteiger partial charge in [-0.3, -0.25) is 14.4 Å². The summed E-state index contributed by atoms with van der Waals surface area (Å²) < 4.78 is 0.155. The number of carbonyl (C=O) groups is 5. The number of carboxylic acids is 2. The molecule has 0 bridgehead atoms. The highest BCUT2D eigenvalue weighted by molar-refractivity contribution is 14.1. The average Bonchev–Trinajstić information content (AvgIpc) is 2.72. The van der Waals surface area contributed by atoms with E-state index in [0.717, 1.165) is 0 Å². The molecule has 0 aliphatic heterocycles. The van der Waals surface area contributed by atoms with Crippen molar-refractivity contribution >= 4 is 103 Å². The number of aliphatic hydroxyl groups is 3. The second-order valence-electron chi connectivity index (χ2n) is 6.33. The summed E-state index contributed by atoms with van der Waals surface area (Å²) in [5.74, 6) is -5.91. The highest BCUT2D eigenvalue weighted by Gasteiger charge is 2.32. The molecule has 33 heavy (non-hydrogen) atoms. The Balaban J connectivity index is 3.73. The maximum Gasteiger partial charge on any atom is 0.328 e. The zero-order valence-corrected chi connectivity index (χ0v) is 23.0. The average molecular weight is 805 g/mol. The van der Waals surface area contributed by atoms with Crippen LogP contribution in [0.4, 0.5) is 5.69 Å². The van der Waals surface area contributed by atoms with Gasteiger partial charge in [0, 0.05) is 3.57 Å². The first kappa shape index (κ1) is 29.7. The molecule has 8 N–H and O–H groups in total. The molecule has 0 radical (unpaired) electrons. The smallest absolute Gasteiger partial charge is 0.328 e. The number of hydrogen-bond donors (Lipinski definition) is 8. The SMILES string of the molecule is CC(O)C(=O)Nc1c(I)c(C(=O)NC(CO)C(=O)O)c(I)c(C(=O)NC(CO)C(=O)O)c1I. The predicted molar refractivity (Wildman–Crippen MR) is 137 cm³/mol. The second kappa shape index (κ2) is 12.9. The summed E-state index contributed by atoms with van der Waals surface area (Å²) in [6.45, 7) is -0.664. The van der Waals surface area contributed by atoms with Crippen LogP contribution in [0.1, 0.15) is 27.6 Å². The Kier molecular flexibility index (Phi) is 11.6. The lowest BCUT2D eigenvalue weighted by Gasteiger charge is -2.21. The summed E-state index contributed by atoms with van der Waals surface area (Å²) in [4.78, 5) is 60.2. The fourth-order valence-electron chi connectivity index (χ4n) is 2.23. The molecule has 1 rings (SSSR count). The van der Waals surface area contributed by atoms with Crippen LogP contribution >= 0.6 is 67.8 Å². The van der Waals surface area contributed by atoms with Crippen molar-refractivity contribution in [3.8, 4) is 0 Å². The first-order valence-electron chi connectivity index (χ1n) is 8.76. The number of carbonyl (C=O) groups excluding carboxylic acids is 3. The van der Waals surface area contributed by atoms with Crippen LogP contribution in [0, 0.1) is 10.7 Å². The van der Waals surface area contributed by atoms with E-state index in [9.17, 15) is 39.3 Å². The Morgan fingerprint density at radius 3 is 1.42 bits per heavy atom. The molecule has 0 heterocycles. The van der Waals surface area contributed by atoms with E-state index < -0.39 is 61.1 Å². The molecule has 0 saturated carbocycles. The van der Waals surface area contributed by atoms with Gasteiger partial charge >= 0.3 is 11.9 Å². The van der Waals surface area contributed by atoms with Gasteiger partial charge in [0.15, 0.2) is 12.1 Å². The summed E-state index contributed by atoms with van der Waals surface area (Å²) in [7, 11) is 0. The van der Waals surface area contributed by atoms with Crippen molar-refractivity contribution in [3.63, 3.8) is 0 Å². The van der Waals surface area contributed by atoms with E-state index in [0.29, 0.717) is 0 Å². The van der Waals surface area contributed by atoms with E-state index in [2.05, 4.69) is 16.0 Å². The van der Waals surface area contributed by atoms with Crippen molar-refractivity contribution in [2.45, 2.75) is 25.1 Å². The Morgan fingerprint density at radius 1 is 0.788 bits per heavy atom. The molecule has 182 valence electrons. The van der Waals surface area contributed by atoms with Crippen molar-refractivity contribution in [2.24, 2.45) is 0 Å². The Labute approximate surface area is 227 Å². The minimum atomic E-state index is -1.66. The Hall–Kier alpha value is -1.36. The van der Waals surface area contributed by atoms with Gasteiger partial charge in [0.25, 0.3) is 17.7 Å². The van der Waals surface area contributed by atoms with Crippen LogP contribution in [0.5, 0.6) is 0 Å². The molecule has 0 aliphatic rings. The van der Waals surface area contributed by atoms with Crippen molar-refractivity contribution in [1.82, 2.24) is 10.6 Å². The monoisotopic (exact) mass is 805 g/mol. The molecule has 3 unspecified atom stereocenters. The maximum atomic E-state index is 12.9. The van der Waals surface area contributed by atoms with Gasteiger partial charge in [0.05, 0.1) is 37.2 Å². The van der Waals surface area contributed by atoms with Gasteiger partial charge < -0.3 is 41.5 Å². The first-order valence-corrected chi connectivity index (χ1v) is 12.0. The number of rotatable bonds is 10. The molecule has 0 saturated heterocycles. The quantitative estimate of drug-likeness (QED) is 0.137. The highest BCUT2D eigenvalue weighted by Crippen LogP contribution is 2.36. The van der Waals surface area contributed by atoms with E-state index >= 15 is 0 Å². The molecule has 16 heteroatoms. The molecule has 0 aliphatic carbocycles. The summed E-state index contributed by atoms with van der Waals surface area (Å²) in [5.41, 5.74) is -0.541. The molecule has 1 aromatic carbocycles. The molecule has 0 fully saturated rings. The van der Waals surface area contributed by atoms with Gasteiger partial charge in [-0.05, 0) is 74.7 Å². The molecular weight excluding hydrogens is 787 g/mol. The number of aliphatic hydroxyl groups excluding tert-OH is 3. The fraction of sp³-hybridized carbons (Fsp3) is 0.353. The third-order valence-corrected chi connectivity index (χ3v) is 7.21. The van der Waals surface area contributed by atoms with Gasteiger partial charge in [-0.1, -0.05) is 0 Å². The van der Waals surface area contributed by atoms with Crippen molar-refractivity contribution in [2.75, 3.05) is 18.5 Å². The zero-order valence-electron chi connectivity index (χ0n) is 16.6. The van der Waals surface area contributed by atoms with E-state index in [1.807, 2.05) is 0 Å². The predicted octanol–water partition coefficient (Wildman–Crippen LogP) is -0.830. The van der Waals surface area contributed by atoms with Crippen molar-refractivity contribution in [3.05, 3.63) is 21.8 Å². The number of amides is 3. The highest BCUT2D eigenvalue weighted by atomic mass is 127. The summed E-state index contributed by atoms with van der Waals surface area (Å²) >= 11 is 4.99.